The van der Waals surface area contributed by atoms with Crippen molar-refractivity contribution in [3.05, 3.63) is 0 Å². The summed E-state index contributed by atoms with van der Waals surface area (Å²) in [5.41, 5.74) is -1.68. The van der Waals surface area contributed by atoms with Gasteiger partial charge in [0.15, 0.2) is 0 Å². The van der Waals surface area contributed by atoms with Crippen molar-refractivity contribution in [3.8, 4) is 0 Å². The number of hydrogen-bond donors (Lipinski definition) is 1. The molecule has 72 valence electrons. The summed E-state index contributed by atoms with van der Waals surface area (Å²) in [6.45, 7) is 0. The maximum atomic E-state index is 10.4. The maximum Gasteiger partial charge on any atom is 1.00 e. The van der Waals surface area contributed by atoms with Gasteiger partial charge in [-0.15, -0.1) is 0 Å². The Kier molecular flexibility index (Phi) is 6.06. The zero-order valence-electron chi connectivity index (χ0n) is 7.77. The van der Waals surface area contributed by atoms with Gasteiger partial charge in [-0.25, -0.2) is 8.42 Å². The SMILES string of the molecule is O=S(=O)([O-])C(O)C1CCCCC1.[Na+]. The third kappa shape index (κ3) is 4.27. The third-order valence-electron chi connectivity index (χ3n) is 2.35. The van der Waals surface area contributed by atoms with Crippen LogP contribution < -0.4 is 29.6 Å². The van der Waals surface area contributed by atoms with E-state index in [0.717, 1.165) is 19.3 Å². The van der Waals surface area contributed by atoms with Gasteiger partial charge >= 0.3 is 29.6 Å². The Hall–Kier alpha value is 0.870. The minimum absolute atomic E-state index is 0. The third-order valence-corrected chi connectivity index (χ3v) is 3.33. The molecule has 0 radical (unpaired) electrons. The van der Waals surface area contributed by atoms with E-state index in [4.69, 9.17) is 5.11 Å². The molecule has 1 atom stereocenters. The second kappa shape index (κ2) is 5.68. The second-order valence-corrected chi connectivity index (χ2v) is 4.75. The van der Waals surface area contributed by atoms with Gasteiger partial charge < -0.3 is 9.66 Å². The van der Waals surface area contributed by atoms with Crippen LogP contribution >= 0.6 is 0 Å². The summed E-state index contributed by atoms with van der Waals surface area (Å²) < 4.78 is 31.3. The molecule has 1 N–H and O–H groups in total. The van der Waals surface area contributed by atoms with E-state index in [1.807, 2.05) is 0 Å². The molecule has 0 aromatic rings. The van der Waals surface area contributed by atoms with Gasteiger partial charge in [0.05, 0.1) is 0 Å². The smallest absolute Gasteiger partial charge is 0.746 e. The van der Waals surface area contributed by atoms with Crippen molar-refractivity contribution >= 4 is 10.1 Å². The molecule has 1 fully saturated rings. The molecule has 0 heterocycles. The van der Waals surface area contributed by atoms with Crippen LogP contribution in [0.15, 0.2) is 0 Å². The minimum Gasteiger partial charge on any atom is -0.746 e. The first kappa shape index (κ1) is 13.9. The number of aliphatic hydroxyl groups excluding tert-OH is 1. The van der Waals surface area contributed by atoms with Crippen molar-refractivity contribution in [2.24, 2.45) is 5.92 Å². The van der Waals surface area contributed by atoms with E-state index in [2.05, 4.69) is 0 Å². The maximum absolute atomic E-state index is 10.4. The molecule has 13 heavy (non-hydrogen) atoms. The minimum atomic E-state index is -4.50. The van der Waals surface area contributed by atoms with Gasteiger partial charge in [0.1, 0.15) is 15.6 Å². The van der Waals surface area contributed by atoms with Crippen LogP contribution in [-0.2, 0) is 10.1 Å². The predicted octanol–water partition coefficient (Wildman–Crippen LogP) is -2.57. The summed E-state index contributed by atoms with van der Waals surface area (Å²) in [5.74, 6) is -0.332. The van der Waals surface area contributed by atoms with Gasteiger partial charge in [-0.3, -0.25) is 0 Å². The van der Waals surface area contributed by atoms with Gasteiger partial charge in [-0.2, -0.15) is 0 Å². The zero-order valence-corrected chi connectivity index (χ0v) is 10.6. The van der Waals surface area contributed by atoms with Crippen molar-refractivity contribution in [2.45, 2.75) is 37.5 Å². The molecule has 1 aliphatic rings. The number of aliphatic hydroxyl groups is 1. The molecule has 6 heteroatoms. The molecule has 4 nitrogen and oxygen atoms in total. The average molecular weight is 216 g/mol. The topological polar surface area (TPSA) is 77.4 Å². The van der Waals surface area contributed by atoms with Crippen LogP contribution in [0.1, 0.15) is 32.1 Å². The Morgan fingerprint density at radius 2 is 1.69 bits per heavy atom. The first-order chi connectivity index (χ1) is 5.52. The van der Waals surface area contributed by atoms with Crippen molar-refractivity contribution in [3.63, 3.8) is 0 Å². The van der Waals surface area contributed by atoms with Crippen LogP contribution in [-0.4, -0.2) is 23.5 Å². The van der Waals surface area contributed by atoms with Crippen molar-refractivity contribution < 1.29 is 47.6 Å². The van der Waals surface area contributed by atoms with Crippen LogP contribution in [0.4, 0.5) is 0 Å². The first-order valence-corrected chi connectivity index (χ1v) is 5.62. The van der Waals surface area contributed by atoms with Crippen LogP contribution in [0.5, 0.6) is 0 Å². The number of hydrogen-bond acceptors (Lipinski definition) is 4. The summed E-state index contributed by atoms with van der Waals surface area (Å²) in [5, 5.41) is 9.11. The summed E-state index contributed by atoms with van der Waals surface area (Å²) >= 11 is 0. The molecule has 0 aliphatic heterocycles. The fraction of sp³-hybridized carbons (Fsp3) is 1.00. The van der Waals surface area contributed by atoms with E-state index >= 15 is 0 Å². The molecule has 1 rings (SSSR count). The fourth-order valence-electron chi connectivity index (χ4n) is 1.66. The Balaban J connectivity index is 0.00000144. The first-order valence-electron chi connectivity index (χ1n) is 4.14. The van der Waals surface area contributed by atoms with Gasteiger partial charge in [-0.05, 0) is 18.8 Å². The summed E-state index contributed by atoms with van der Waals surface area (Å²) in [7, 11) is -4.50. The van der Waals surface area contributed by atoms with Crippen molar-refractivity contribution in [1.29, 1.82) is 0 Å². The Bertz CT molecular complexity index is 233. The Morgan fingerprint density at radius 3 is 2.08 bits per heavy atom. The van der Waals surface area contributed by atoms with Gasteiger partial charge in [0.2, 0.25) is 0 Å². The van der Waals surface area contributed by atoms with Crippen molar-refractivity contribution in [2.75, 3.05) is 0 Å². The van der Waals surface area contributed by atoms with Gasteiger partial charge in [-0.1, -0.05) is 19.3 Å². The standard InChI is InChI=1S/C7H14O4S.Na/c8-7(12(9,10)11)6-4-2-1-3-5-6;/h6-8H,1-5H2,(H,9,10,11);/q;+1/p-1. The molecular formula is C7H13NaO4S. The van der Waals surface area contributed by atoms with Gasteiger partial charge in [0.25, 0.3) is 0 Å². The zero-order chi connectivity index (χ0) is 9.19. The number of rotatable bonds is 2. The summed E-state index contributed by atoms with van der Waals surface area (Å²) in [4.78, 5) is 0. The fourth-order valence-corrected chi connectivity index (χ4v) is 2.40. The summed E-state index contributed by atoms with van der Waals surface area (Å²) in [6, 6.07) is 0. The van der Waals surface area contributed by atoms with Gasteiger partial charge in [0, 0.05) is 0 Å². The Labute approximate surface area is 101 Å². The van der Waals surface area contributed by atoms with E-state index in [1.165, 1.54) is 0 Å². The predicted molar refractivity (Wildman–Crippen MR) is 42.3 cm³/mol. The molecule has 0 aromatic heterocycles. The molecular weight excluding hydrogens is 203 g/mol. The van der Waals surface area contributed by atoms with E-state index in [0.29, 0.717) is 12.8 Å². The van der Waals surface area contributed by atoms with E-state index in [9.17, 15) is 13.0 Å². The molecule has 0 bridgehead atoms. The van der Waals surface area contributed by atoms with Crippen LogP contribution in [0, 0.1) is 5.92 Å². The van der Waals surface area contributed by atoms with E-state index < -0.39 is 15.6 Å². The molecule has 1 saturated carbocycles. The second-order valence-electron chi connectivity index (χ2n) is 3.28. The Morgan fingerprint density at radius 1 is 1.23 bits per heavy atom. The molecule has 0 saturated heterocycles. The normalized spacial score (nSPS) is 22.0. The molecule has 1 aliphatic carbocycles. The molecule has 0 spiro atoms. The molecule has 1 unspecified atom stereocenters. The van der Waals surface area contributed by atoms with Crippen LogP contribution in [0.3, 0.4) is 0 Å². The van der Waals surface area contributed by atoms with Crippen LogP contribution in [0.25, 0.3) is 0 Å². The largest absolute Gasteiger partial charge is 1.00 e. The summed E-state index contributed by atoms with van der Waals surface area (Å²) in [6.07, 6.45) is 4.21. The molecule has 0 aromatic carbocycles. The quantitative estimate of drug-likeness (QED) is 0.407. The average Bonchev–Trinajstić information content (AvgIpc) is 2.03. The molecule has 0 amide bonds. The van der Waals surface area contributed by atoms with Crippen molar-refractivity contribution in [1.82, 2.24) is 0 Å². The monoisotopic (exact) mass is 216 g/mol. The van der Waals surface area contributed by atoms with E-state index in [1.54, 1.807) is 0 Å². The van der Waals surface area contributed by atoms with Crippen LogP contribution in [0.2, 0.25) is 0 Å². The van der Waals surface area contributed by atoms with E-state index in [-0.39, 0.29) is 35.5 Å².